The fourth-order valence-electron chi connectivity index (χ4n) is 1.06. The van der Waals surface area contributed by atoms with E-state index in [0.29, 0.717) is 18.8 Å². The summed E-state index contributed by atoms with van der Waals surface area (Å²) in [7, 11) is 3.37. The van der Waals surface area contributed by atoms with Crippen LogP contribution < -0.4 is 16.6 Å². The zero-order chi connectivity index (χ0) is 12.1. The van der Waals surface area contributed by atoms with Crippen LogP contribution in [0.5, 0.6) is 0 Å². The number of H-pyrrole nitrogens is 1. The Labute approximate surface area is 92.7 Å². The molecule has 0 saturated heterocycles. The maximum Gasteiger partial charge on any atom is 0.276 e. The molecule has 1 aromatic rings. The summed E-state index contributed by atoms with van der Waals surface area (Å²) in [6, 6.07) is 0. The number of carbonyl (C=O) groups excluding carboxylic acids is 1. The Morgan fingerprint density at radius 3 is 2.94 bits per heavy atom. The average Bonchev–Trinajstić information content (AvgIpc) is 2.24. The van der Waals surface area contributed by atoms with Gasteiger partial charge >= 0.3 is 0 Å². The van der Waals surface area contributed by atoms with E-state index in [-0.39, 0.29) is 11.6 Å². The second-order valence-corrected chi connectivity index (χ2v) is 3.46. The van der Waals surface area contributed by atoms with E-state index in [1.807, 2.05) is 0 Å². The second kappa shape index (κ2) is 5.15. The third kappa shape index (κ3) is 2.97. The fourth-order valence-corrected chi connectivity index (χ4v) is 1.06. The van der Waals surface area contributed by atoms with Crippen molar-refractivity contribution in [2.75, 3.05) is 31.7 Å². The number of amides is 1. The summed E-state index contributed by atoms with van der Waals surface area (Å²) < 4.78 is 0. The van der Waals surface area contributed by atoms with Crippen LogP contribution in [0.1, 0.15) is 6.42 Å². The molecule has 0 fully saturated rings. The molecule has 0 aliphatic carbocycles. The van der Waals surface area contributed by atoms with Crippen molar-refractivity contribution in [3.8, 4) is 0 Å². The van der Waals surface area contributed by atoms with Gasteiger partial charge < -0.3 is 20.9 Å². The standard InChI is InChI=1S/C9H15N5O2/c1-14(2)6(15)3-4-11-8-7(10)9(16)13-5-12-8/h5H,3-4,10H2,1-2H3,(H2,11,12,13,16). The van der Waals surface area contributed by atoms with Gasteiger partial charge in [-0.2, -0.15) is 0 Å². The van der Waals surface area contributed by atoms with Crippen LogP contribution in [0.25, 0.3) is 0 Å². The third-order valence-corrected chi connectivity index (χ3v) is 2.02. The zero-order valence-corrected chi connectivity index (χ0v) is 9.28. The van der Waals surface area contributed by atoms with Crippen LogP contribution in [0, 0.1) is 0 Å². The number of nitrogens with two attached hydrogens (primary N) is 1. The third-order valence-electron chi connectivity index (χ3n) is 2.02. The summed E-state index contributed by atoms with van der Waals surface area (Å²) >= 11 is 0. The number of anilines is 2. The van der Waals surface area contributed by atoms with Crippen molar-refractivity contribution in [1.29, 1.82) is 0 Å². The number of aromatic nitrogens is 2. The largest absolute Gasteiger partial charge is 0.391 e. The molecule has 1 aromatic heterocycles. The number of rotatable bonds is 4. The van der Waals surface area contributed by atoms with Gasteiger partial charge in [0.2, 0.25) is 5.91 Å². The Hall–Kier alpha value is -2.05. The molecule has 0 saturated carbocycles. The van der Waals surface area contributed by atoms with Gasteiger partial charge in [-0.3, -0.25) is 9.59 Å². The number of nitrogen functional groups attached to an aromatic ring is 1. The van der Waals surface area contributed by atoms with E-state index in [0.717, 1.165) is 0 Å². The number of nitrogens with one attached hydrogen (secondary N) is 2. The molecule has 7 heteroatoms. The first-order valence-electron chi connectivity index (χ1n) is 4.79. The Morgan fingerprint density at radius 2 is 2.31 bits per heavy atom. The maximum atomic E-state index is 11.3. The van der Waals surface area contributed by atoms with Gasteiger partial charge in [0.1, 0.15) is 5.69 Å². The number of hydrogen-bond donors (Lipinski definition) is 3. The van der Waals surface area contributed by atoms with Gasteiger partial charge in [0.25, 0.3) is 5.56 Å². The minimum Gasteiger partial charge on any atom is -0.391 e. The Balaban J connectivity index is 2.53. The van der Waals surface area contributed by atoms with Crippen LogP contribution in [0.15, 0.2) is 11.1 Å². The number of carbonyl (C=O) groups is 1. The Morgan fingerprint density at radius 1 is 1.62 bits per heavy atom. The second-order valence-electron chi connectivity index (χ2n) is 3.46. The molecule has 1 amide bonds. The van der Waals surface area contributed by atoms with Crippen LogP contribution >= 0.6 is 0 Å². The highest BCUT2D eigenvalue weighted by atomic mass is 16.2. The maximum absolute atomic E-state index is 11.3. The van der Waals surface area contributed by atoms with E-state index in [4.69, 9.17) is 5.73 Å². The predicted molar refractivity (Wildman–Crippen MR) is 61.1 cm³/mol. The lowest BCUT2D eigenvalue weighted by atomic mass is 10.3. The lowest BCUT2D eigenvalue weighted by Gasteiger charge is -2.11. The van der Waals surface area contributed by atoms with Gasteiger partial charge in [0.05, 0.1) is 6.33 Å². The molecule has 0 bridgehead atoms. The van der Waals surface area contributed by atoms with Crippen molar-refractivity contribution in [2.45, 2.75) is 6.42 Å². The summed E-state index contributed by atoms with van der Waals surface area (Å²) in [5.74, 6) is 0.297. The van der Waals surface area contributed by atoms with Gasteiger partial charge in [-0.05, 0) is 0 Å². The van der Waals surface area contributed by atoms with E-state index in [1.165, 1.54) is 11.2 Å². The highest BCUT2D eigenvalue weighted by Crippen LogP contribution is 2.06. The van der Waals surface area contributed by atoms with Crippen LogP contribution in [-0.4, -0.2) is 41.4 Å². The molecule has 0 radical (unpaired) electrons. The summed E-state index contributed by atoms with van der Waals surface area (Å²) in [5, 5.41) is 2.84. The van der Waals surface area contributed by atoms with E-state index in [9.17, 15) is 9.59 Å². The van der Waals surface area contributed by atoms with Crippen molar-refractivity contribution in [1.82, 2.24) is 14.9 Å². The lowest BCUT2D eigenvalue weighted by Crippen LogP contribution is -2.24. The van der Waals surface area contributed by atoms with Crippen molar-refractivity contribution < 1.29 is 4.79 Å². The number of aromatic amines is 1. The van der Waals surface area contributed by atoms with Crippen LogP contribution in [0.2, 0.25) is 0 Å². The van der Waals surface area contributed by atoms with Crippen molar-refractivity contribution >= 4 is 17.4 Å². The first kappa shape index (κ1) is 12.0. The molecule has 0 aromatic carbocycles. The van der Waals surface area contributed by atoms with Gasteiger partial charge in [-0.15, -0.1) is 0 Å². The Kier molecular flexibility index (Phi) is 3.87. The molecule has 7 nitrogen and oxygen atoms in total. The summed E-state index contributed by atoms with van der Waals surface area (Å²) in [6.07, 6.45) is 1.58. The van der Waals surface area contributed by atoms with Crippen LogP contribution in [0.4, 0.5) is 11.5 Å². The molecular weight excluding hydrogens is 210 g/mol. The van der Waals surface area contributed by atoms with Crippen molar-refractivity contribution in [2.24, 2.45) is 0 Å². The average molecular weight is 225 g/mol. The SMILES string of the molecule is CN(C)C(=O)CCNc1nc[nH]c(=O)c1N. The fraction of sp³-hybridized carbons (Fsp3) is 0.444. The highest BCUT2D eigenvalue weighted by Gasteiger charge is 2.06. The van der Waals surface area contributed by atoms with Crippen molar-refractivity contribution in [3.05, 3.63) is 16.7 Å². The van der Waals surface area contributed by atoms with E-state index < -0.39 is 5.56 Å². The molecule has 0 unspecified atom stereocenters. The highest BCUT2D eigenvalue weighted by molar-refractivity contribution is 5.76. The van der Waals surface area contributed by atoms with E-state index in [2.05, 4.69) is 15.3 Å². The van der Waals surface area contributed by atoms with Gasteiger partial charge in [-0.1, -0.05) is 0 Å². The quantitative estimate of drug-likeness (QED) is 0.625. The smallest absolute Gasteiger partial charge is 0.276 e. The van der Waals surface area contributed by atoms with Crippen LogP contribution in [-0.2, 0) is 4.79 Å². The molecule has 0 aliphatic heterocycles. The van der Waals surface area contributed by atoms with E-state index >= 15 is 0 Å². The number of hydrogen-bond acceptors (Lipinski definition) is 5. The Bertz CT molecular complexity index is 426. The molecule has 88 valence electrons. The topological polar surface area (TPSA) is 104 Å². The molecule has 4 N–H and O–H groups in total. The number of nitrogens with zero attached hydrogens (tertiary/aromatic N) is 2. The molecule has 0 spiro atoms. The summed E-state index contributed by atoms with van der Waals surface area (Å²) in [6.45, 7) is 0.387. The molecule has 1 rings (SSSR count). The molecule has 1 heterocycles. The molecular formula is C9H15N5O2. The zero-order valence-electron chi connectivity index (χ0n) is 9.28. The molecule has 0 aliphatic rings. The minimum atomic E-state index is -0.392. The first-order valence-corrected chi connectivity index (χ1v) is 4.79. The minimum absolute atomic E-state index is 0.00379. The molecule has 0 atom stereocenters. The van der Waals surface area contributed by atoms with E-state index in [1.54, 1.807) is 14.1 Å². The van der Waals surface area contributed by atoms with Gasteiger partial charge in [0.15, 0.2) is 5.82 Å². The summed E-state index contributed by atoms with van der Waals surface area (Å²) in [5.41, 5.74) is 5.13. The predicted octanol–water partition coefficient (Wildman–Crippen LogP) is -0.758. The lowest BCUT2D eigenvalue weighted by molar-refractivity contribution is -0.128. The van der Waals surface area contributed by atoms with Gasteiger partial charge in [0, 0.05) is 27.1 Å². The first-order chi connectivity index (χ1) is 7.52. The van der Waals surface area contributed by atoms with Gasteiger partial charge in [-0.25, -0.2) is 4.98 Å². The van der Waals surface area contributed by atoms with Crippen molar-refractivity contribution in [3.63, 3.8) is 0 Å². The summed E-state index contributed by atoms with van der Waals surface area (Å²) in [4.78, 5) is 30.1. The normalized spacial score (nSPS) is 9.88. The monoisotopic (exact) mass is 225 g/mol. The van der Waals surface area contributed by atoms with Crippen LogP contribution in [0.3, 0.4) is 0 Å². The molecule has 16 heavy (non-hydrogen) atoms.